The molecule has 0 saturated carbocycles. The van der Waals surface area contributed by atoms with Gasteiger partial charge in [-0.15, -0.1) is 0 Å². The van der Waals surface area contributed by atoms with E-state index in [1.165, 1.54) is 17.3 Å². The molecule has 0 unspecified atom stereocenters. The molecule has 0 atom stereocenters. The van der Waals surface area contributed by atoms with Crippen molar-refractivity contribution in [1.29, 1.82) is 0 Å². The summed E-state index contributed by atoms with van der Waals surface area (Å²) in [7, 11) is 0. The van der Waals surface area contributed by atoms with E-state index in [0.29, 0.717) is 31.5 Å². The number of nitrogens with one attached hydrogen (secondary N) is 1. The van der Waals surface area contributed by atoms with E-state index in [4.69, 9.17) is 0 Å². The summed E-state index contributed by atoms with van der Waals surface area (Å²) in [4.78, 5) is 13.2. The van der Waals surface area contributed by atoms with Crippen LogP contribution in [0.3, 0.4) is 0 Å². The van der Waals surface area contributed by atoms with Crippen LogP contribution in [0.5, 0.6) is 0 Å². The summed E-state index contributed by atoms with van der Waals surface area (Å²) in [5.41, 5.74) is 0.401. The third-order valence-electron chi connectivity index (χ3n) is 3.17. The molecule has 1 aliphatic heterocycles. The van der Waals surface area contributed by atoms with Gasteiger partial charge in [0.15, 0.2) is 0 Å². The van der Waals surface area contributed by atoms with E-state index in [2.05, 4.69) is 15.5 Å². The molecule has 1 amide bonds. The molecule has 110 valence electrons. The lowest BCUT2D eigenvalue weighted by atomic mass is 10.0. The first-order valence-corrected chi connectivity index (χ1v) is 6.31. The van der Waals surface area contributed by atoms with Gasteiger partial charge in [-0.25, -0.2) is 0 Å². The first-order valence-electron chi connectivity index (χ1n) is 6.31. The number of aromatic nitrogens is 2. The molecular formula is C12H15F3N4O. The number of amides is 1. The van der Waals surface area contributed by atoms with Gasteiger partial charge < -0.3 is 5.32 Å². The van der Waals surface area contributed by atoms with Crippen molar-refractivity contribution in [3.63, 3.8) is 0 Å². The molecule has 8 heteroatoms. The number of hydrogen-bond donors (Lipinski definition) is 1. The second kappa shape index (κ2) is 6.17. The quantitative estimate of drug-likeness (QED) is 0.909. The topological polar surface area (TPSA) is 58.1 Å². The maximum Gasteiger partial charge on any atom is 0.401 e. The van der Waals surface area contributed by atoms with E-state index < -0.39 is 12.7 Å². The first kappa shape index (κ1) is 14.7. The van der Waals surface area contributed by atoms with Crippen LogP contribution in [0.25, 0.3) is 0 Å². The molecule has 2 rings (SSSR count). The zero-order valence-corrected chi connectivity index (χ0v) is 10.7. The largest absolute Gasteiger partial charge is 0.401 e. The Morgan fingerprint density at radius 2 is 2.05 bits per heavy atom. The average molecular weight is 288 g/mol. The molecular weight excluding hydrogens is 273 g/mol. The van der Waals surface area contributed by atoms with E-state index in [1.54, 1.807) is 6.07 Å². The number of likely N-dealkylation sites (tertiary alicyclic amines) is 1. The molecule has 2 heterocycles. The van der Waals surface area contributed by atoms with Crippen LogP contribution < -0.4 is 5.32 Å². The molecule has 1 N–H and O–H groups in total. The van der Waals surface area contributed by atoms with Gasteiger partial charge in [0, 0.05) is 19.1 Å². The van der Waals surface area contributed by atoms with Gasteiger partial charge in [0.25, 0.3) is 5.91 Å². The SMILES string of the molecule is O=C(NC1CCN(CC(F)(F)F)CC1)c1ccnnc1. The van der Waals surface area contributed by atoms with Crippen molar-refractivity contribution in [3.8, 4) is 0 Å². The van der Waals surface area contributed by atoms with E-state index >= 15 is 0 Å². The Morgan fingerprint density at radius 1 is 1.35 bits per heavy atom. The number of piperidine rings is 1. The van der Waals surface area contributed by atoms with Gasteiger partial charge in [0.2, 0.25) is 0 Å². The van der Waals surface area contributed by atoms with Crippen molar-refractivity contribution in [2.45, 2.75) is 25.1 Å². The summed E-state index contributed by atoms with van der Waals surface area (Å²) in [6, 6.07) is 1.45. The van der Waals surface area contributed by atoms with E-state index in [1.807, 2.05) is 0 Å². The van der Waals surface area contributed by atoms with Gasteiger partial charge in [-0.05, 0) is 18.9 Å². The van der Waals surface area contributed by atoms with Gasteiger partial charge in [-0.2, -0.15) is 23.4 Å². The molecule has 1 saturated heterocycles. The Hall–Kier alpha value is -1.70. The van der Waals surface area contributed by atoms with Crippen LogP contribution in [0.4, 0.5) is 13.2 Å². The summed E-state index contributed by atoms with van der Waals surface area (Å²) in [6.45, 7) is -0.222. The van der Waals surface area contributed by atoms with Crippen LogP contribution >= 0.6 is 0 Å². The summed E-state index contributed by atoms with van der Waals surface area (Å²) in [5, 5.41) is 9.99. The van der Waals surface area contributed by atoms with E-state index in [0.717, 1.165) is 0 Å². The van der Waals surface area contributed by atoms with E-state index in [9.17, 15) is 18.0 Å². The third kappa shape index (κ3) is 4.44. The number of hydrogen-bond acceptors (Lipinski definition) is 4. The molecule has 0 radical (unpaired) electrons. The Labute approximate surface area is 114 Å². The summed E-state index contributed by atoms with van der Waals surface area (Å²) in [6.07, 6.45) is -0.367. The smallest absolute Gasteiger partial charge is 0.349 e. The predicted molar refractivity (Wildman–Crippen MR) is 65.0 cm³/mol. The van der Waals surface area contributed by atoms with E-state index in [-0.39, 0.29) is 11.9 Å². The van der Waals surface area contributed by atoms with Crippen LogP contribution in [-0.4, -0.2) is 52.9 Å². The minimum absolute atomic E-state index is 0.0971. The molecule has 20 heavy (non-hydrogen) atoms. The highest BCUT2D eigenvalue weighted by Gasteiger charge is 2.32. The standard InChI is InChI=1S/C12H15F3N4O/c13-12(14,15)8-19-5-2-10(3-6-19)18-11(20)9-1-4-16-17-7-9/h1,4,7,10H,2-3,5-6,8H2,(H,18,20). The summed E-state index contributed by atoms with van der Waals surface area (Å²) >= 11 is 0. The minimum Gasteiger partial charge on any atom is -0.349 e. The Balaban J connectivity index is 1.79. The van der Waals surface area contributed by atoms with Crippen LogP contribution in [-0.2, 0) is 0 Å². The zero-order chi connectivity index (χ0) is 14.6. The number of rotatable bonds is 3. The molecule has 0 spiro atoms. The van der Waals surface area contributed by atoms with Crippen molar-refractivity contribution in [2.75, 3.05) is 19.6 Å². The maximum absolute atomic E-state index is 12.2. The van der Waals surface area contributed by atoms with Gasteiger partial charge in [0.1, 0.15) is 0 Å². The number of alkyl halides is 3. The maximum atomic E-state index is 12.2. The van der Waals surface area contributed by atoms with Crippen LogP contribution in [0.15, 0.2) is 18.5 Å². The molecule has 0 bridgehead atoms. The fraction of sp³-hybridized carbons (Fsp3) is 0.583. The molecule has 1 aromatic heterocycles. The number of nitrogens with zero attached hydrogens (tertiary/aromatic N) is 3. The monoisotopic (exact) mass is 288 g/mol. The van der Waals surface area contributed by atoms with Gasteiger partial charge in [-0.3, -0.25) is 9.69 Å². The molecule has 0 aliphatic carbocycles. The van der Waals surface area contributed by atoms with Gasteiger partial charge in [-0.1, -0.05) is 0 Å². The van der Waals surface area contributed by atoms with Crippen LogP contribution in [0, 0.1) is 0 Å². The number of halogens is 3. The van der Waals surface area contributed by atoms with Crippen molar-refractivity contribution in [3.05, 3.63) is 24.0 Å². The highest BCUT2D eigenvalue weighted by Crippen LogP contribution is 2.19. The summed E-state index contributed by atoms with van der Waals surface area (Å²) < 4.78 is 36.7. The van der Waals surface area contributed by atoms with Crippen molar-refractivity contribution < 1.29 is 18.0 Å². The number of carbonyl (C=O) groups is 1. The van der Waals surface area contributed by atoms with Crippen molar-refractivity contribution in [1.82, 2.24) is 20.4 Å². The lowest BCUT2D eigenvalue weighted by molar-refractivity contribution is -0.148. The second-order valence-electron chi connectivity index (χ2n) is 4.77. The van der Waals surface area contributed by atoms with Crippen molar-refractivity contribution >= 4 is 5.91 Å². The molecule has 5 nitrogen and oxygen atoms in total. The Morgan fingerprint density at radius 3 is 2.60 bits per heavy atom. The van der Waals surface area contributed by atoms with Crippen LogP contribution in [0.1, 0.15) is 23.2 Å². The normalized spacial score (nSPS) is 17.9. The third-order valence-corrected chi connectivity index (χ3v) is 3.17. The lowest BCUT2D eigenvalue weighted by Gasteiger charge is -2.32. The first-order chi connectivity index (χ1) is 9.44. The zero-order valence-electron chi connectivity index (χ0n) is 10.7. The molecule has 1 fully saturated rings. The molecule has 0 aromatic carbocycles. The van der Waals surface area contributed by atoms with Crippen LogP contribution in [0.2, 0.25) is 0 Å². The predicted octanol–water partition coefficient (Wildman–Crippen LogP) is 1.23. The fourth-order valence-corrected chi connectivity index (χ4v) is 2.18. The van der Waals surface area contributed by atoms with Gasteiger partial charge in [0.05, 0.1) is 24.5 Å². The average Bonchev–Trinajstić information content (AvgIpc) is 2.40. The molecule has 1 aliphatic rings. The Kier molecular flexibility index (Phi) is 4.53. The summed E-state index contributed by atoms with van der Waals surface area (Å²) in [5.74, 6) is -0.269. The van der Waals surface area contributed by atoms with Crippen molar-refractivity contribution in [2.24, 2.45) is 0 Å². The Bertz CT molecular complexity index is 444. The lowest BCUT2D eigenvalue weighted by Crippen LogP contribution is -2.47. The van der Waals surface area contributed by atoms with Gasteiger partial charge >= 0.3 is 6.18 Å². The number of carbonyl (C=O) groups excluding carboxylic acids is 1. The highest BCUT2D eigenvalue weighted by molar-refractivity contribution is 5.93. The highest BCUT2D eigenvalue weighted by atomic mass is 19.4. The minimum atomic E-state index is -4.17. The second-order valence-corrected chi connectivity index (χ2v) is 4.77. The fourth-order valence-electron chi connectivity index (χ4n) is 2.18. The molecule has 1 aromatic rings.